The molecule has 0 radical (unpaired) electrons. The summed E-state index contributed by atoms with van der Waals surface area (Å²) in [6, 6.07) is 0. The highest BCUT2D eigenvalue weighted by molar-refractivity contribution is 5.85. The Morgan fingerprint density at radius 1 is 1.25 bits per heavy atom. The molecule has 1 rings (SSSR count). The first-order chi connectivity index (χ1) is 6.99. The monoisotopic (exact) mass is 248 g/mol. The van der Waals surface area contributed by atoms with Gasteiger partial charge in [-0.2, -0.15) is 0 Å². The van der Waals surface area contributed by atoms with Crippen molar-refractivity contribution in [3.8, 4) is 0 Å². The van der Waals surface area contributed by atoms with E-state index in [-0.39, 0.29) is 29.8 Å². The average molecular weight is 249 g/mol. The van der Waals surface area contributed by atoms with E-state index in [0.717, 1.165) is 12.8 Å². The Balaban J connectivity index is 0.00000225. The van der Waals surface area contributed by atoms with Gasteiger partial charge in [-0.1, -0.05) is 25.7 Å². The van der Waals surface area contributed by atoms with Gasteiger partial charge in [0.2, 0.25) is 5.91 Å². The van der Waals surface area contributed by atoms with Crippen LogP contribution in [-0.4, -0.2) is 18.0 Å². The number of carbonyl (C=O) groups is 1. The molecule has 0 atom stereocenters. The van der Waals surface area contributed by atoms with Crippen molar-refractivity contribution in [3.63, 3.8) is 0 Å². The van der Waals surface area contributed by atoms with Crippen molar-refractivity contribution in [1.82, 2.24) is 5.32 Å². The van der Waals surface area contributed by atoms with Gasteiger partial charge in [-0.15, -0.1) is 12.4 Å². The average Bonchev–Trinajstić information content (AvgIpc) is 2.41. The second-order valence-electron chi connectivity index (χ2n) is 5.39. The standard InChI is InChI=1S/C12H24N2O.ClH/c1-12(2,13)9-14-11(15)10-7-5-3-4-6-8-10;/h10H,3-9,13H2,1-2H3,(H,14,15);1H. The molecule has 1 amide bonds. The highest BCUT2D eigenvalue weighted by Gasteiger charge is 2.21. The number of nitrogens with two attached hydrogens (primary N) is 1. The van der Waals surface area contributed by atoms with E-state index in [1.54, 1.807) is 0 Å². The number of nitrogens with one attached hydrogen (secondary N) is 1. The SMILES string of the molecule is CC(C)(N)CNC(=O)C1CCCCCC1.Cl. The second-order valence-corrected chi connectivity index (χ2v) is 5.39. The van der Waals surface area contributed by atoms with E-state index < -0.39 is 0 Å². The number of amides is 1. The van der Waals surface area contributed by atoms with Crippen LogP contribution in [0, 0.1) is 5.92 Å². The fourth-order valence-corrected chi connectivity index (χ4v) is 2.00. The molecular formula is C12H25ClN2O. The van der Waals surface area contributed by atoms with E-state index in [1.165, 1.54) is 25.7 Å². The molecule has 0 aromatic heterocycles. The van der Waals surface area contributed by atoms with E-state index in [2.05, 4.69) is 5.32 Å². The number of hydrogen-bond acceptors (Lipinski definition) is 2. The van der Waals surface area contributed by atoms with Crippen LogP contribution in [0.5, 0.6) is 0 Å². The van der Waals surface area contributed by atoms with Gasteiger partial charge < -0.3 is 11.1 Å². The maximum absolute atomic E-state index is 11.8. The number of halogens is 1. The predicted molar refractivity (Wildman–Crippen MR) is 69.7 cm³/mol. The molecule has 1 aliphatic carbocycles. The van der Waals surface area contributed by atoms with Crippen molar-refractivity contribution in [2.24, 2.45) is 11.7 Å². The van der Waals surface area contributed by atoms with Crippen LogP contribution in [0.15, 0.2) is 0 Å². The van der Waals surface area contributed by atoms with E-state index in [1.807, 2.05) is 13.8 Å². The highest BCUT2D eigenvalue weighted by Crippen LogP contribution is 2.22. The summed E-state index contributed by atoms with van der Waals surface area (Å²) in [5.41, 5.74) is 5.52. The van der Waals surface area contributed by atoms with Gasteiger partial charge in [0, 0.05) is 18.0 Å². The zero-order chi connectivity index (χ0) is 11.3. The van der Waals surface area contributed by atoms with E-state index in [9.17, 15) is 4.79 Å². The van der Waals surface area contributed by atoms with Gasteiger partial charge in [0.05, 0.1) is 0 Å². The number of hydrogen-bond donors (Lipinski definition) is 2. The van der Waals surface area contributed by atoms with Crippen molar-refractivity contribution in [2.75, 3.05) is 6.54 Å². The molecule has 0 saturated heterocycles. The summed E-state index contributed by atoms with van der Waals surface area (Å²) in [6.45, 7) is 4.43. The lowest BCUT2D eigenvalue weighted by Gasteiger charge is -2.21. The number of rotatable bonds is 3. The topological polar surface area (TPSA) is 55.1 Å². The molecule has 4 heteroatoms. The van der Waals surface area contributed by atoms with Gasteiger partial charge in [-0.25, -0.2) is 0 Å². The fraction of sp³-hybridized carbons (Fsp3) is 0.917. The normalized spacial score (nSPS) is 18.4. The van der Waals surface area contributed by atoms with Gasteiger partial charge in [0.15, 0.2) is 0 Å². The van der Waals surface area contributed by atoms with E-state index in [0.29, 0.717) is 6.54 Å². The third kappa shape index (κ3) is 6.33. The van der Waals surface area contributed by atoms with Crippen LogP contribution in [-0.2, 0) is 4.79 Å². The molecule has 1 saturated carbocycles. The summed E-state index contributed by atoms with van der Waals surface area (Å²) in [6.07, 6.45) is 7.07. The summed E-state index contributed by atoms with van der Waals surface area (Å²) in [5.74, 6) is 0.435. The smallest absolute Gasteiger partial charge is 0.223 e. The maximum Gasteiger partial charge on any atom is 0.223 e. The Bertz CT molecular complexity index is 206. The predicted octanol–water partition coefficient (Wildman–Crippen LogP) is 2.23. The molecule has 0 aromatic carbocycles. The van der Waals surface area contributed by atoms with Crippen LogP contribution >= 0.6 is 12.4 Å². The molecule has 3 nitrogen and oxygen atoms in total. The van der Waals surface area contributed by atoms with Gasteiger partial charge in [0.25, 0.3) is 0 Å². The summed E-state index contributed by atoms with van der Waals surface area (Å²) in [4.78, 5) is 11.8. The summed E-state index contributed by atoms with van der Waals surface area (Å²) in [7, 11) is 0. The third-order valence-electron chi connectivity index (χ3n) is 2.94. The molecule has 0 bridgehead atoms. The van der Waals surface area contributed by atoms with Gasteiger partial charge in [-0.3, -0.25) is 4.79 Å². The molecule has 0 aromatic rings. The zero-order valence-electron chi connectivity index (χ0n) is 10.4. The second kappa shape index (κ2) is 7.13. The molecule has 0 heterocycles. The lowest BCUT2D eigenvalue weighted by molar-refractivity contribution is -0.125. The minimum atomic E-state index is -0.305. The minimum Gasteiger partial charge on any atom is -0.354 e. The molecular weight excluding hydrogens is 224 g/mol. The van der Waals surface area contributed by atoms with Gasteiger partial charge in [-0.05, 0) is 26.7 Å². The third-order valence-corrected chi connectivity index (χ3v) is 2.94. The van der Waals surface area contributed by atoms with Crippen LogP contribution < -0.4 is 11.1 Å². The molecule has 96 valence electrons. The highest BCUT2D eigenvalue weighted by atomic mass is 35.5. The van der Waals surface area contributed by atoms with Crippen LogP contribution in [0.1, 0.15) is 52.4 Å². The molecule has 0 aliphatic heterocycles. The minimum absolute atomic E-state index is 0. The van der Waals surface area contributed by atoms with Gasteiger partial charge in [0.1, 0.15) is 0 Å². The first kappa shape index (κ1) is 15.7. The Morgan fingerprint density at radius 3 is 2.19 bits per heavy atom. The first-order valence-corrected chi connectivity index (χ1v) is 6.06. The lowest BCUT2D eigenvalue weighted by atomic mass is 9.99. The van der Waals surface area contributed by atoms with Crippen LogP contribution in [0.4, 0.5) is 0 Å². The Kier molecular flexibility index (Phi) is 7.00. The van der Waals surface area contributed by atoms with Crippen molar-refractivity contribution in [3.05, 3.63) is 0 Å². The molecule has 16 heavy (non-hydrogen) atoms. The fourth-order valence-electron chi connectivity index (χ4n) is 2.00. The summed E-state index contributed by atoms with van der Waals surface area (Å²) in [5, 5.41) is 2.96. The van der Waals surface area contributed by atoms with E-state index >= 15 is 0 Å². The quantitative estimate of drug-likeness (QED) is 0.753. The lowest BCUT2D eigenvalue weighted by Crippen LogP contribution is -2.46. The van der Waals surface area contributed by atoms with Crippen LogP contribution in [0.3, 0.4) is 0 Å². The Hall–Kier alpha value is -0.280. The summed E-state index contributed by atoms with van der Waals surface area (Å²) < 4.78 is 0. The molecule has 1 fully saturated rings. The van der Waals surface area contributed by atoms with Crippen molar-refractivity contribution in [2.45, 2.75) is 57.9 Å². The maximum atomic E-state index is 11.8. The Morgan fingerprint density at radius 2 is 1.75 bits per heavy atom. The van der Waals surface area contributed by atoms with Crippen LogP contribution in [0.2, 0.25) is 0 Å². The number of carbonyl (C=O) groups excluding carboxylic acids is 1. The molecule has 1 aliphatic rings. The van der Waals surface area contributed by atoms with Gasteiger partial charge >= 0.3 is 0 Å². The first-order valence-electron chi connectivity index (χ1n) is 6.06. The summed E-state index contributed by atoms with van der Waals surface area (Å²) >= 11 is 0. The largest absolute Gasteiger partial charge is 0.354 e. The van der Waals surface area contributed by atoms with Crippen molar-refractivity contribution >= 4 is 18.3 Å². The van der Waals surface area contributed by atoms with Crippen molar-refractivity contribution in [1.29, 1.82) is 0 Å². The molecule has 0 spiro atoms. The Labute approximate surface area is 105 Å². The van der Waals surface area contributed by atoms with Crippen LogP contribution in [0.25, 0.3) is 0 Å². The van der Waals surface area contributed by atoms with Crippen molar-refractivity contribution < 1.29 is 4.79 Å². The molecule has 0 unspecified atom stereocenters. The molecule has 3 N–H and O–H groups in total. The zero-order valence-corrected chi connectivity index (χ0v) is 11.2. The van der Waals surface area contributed by atoms with E-state index in [4.69, 9.17) is 5.73 Å².